The molecule has 0 aromatic carbocycles. The first-order valence-electron chi connectivity index (χ1n) is 7.27. The van der Waals surface area contributed by atoms with Crippen molar-refractivity contribution >= 4 is 22.4 Å². The predicted molar refractivity (Wildman–Crippen MR) is 88.5 cm³/mol. The zero-order valence-corrected chi connectivity index (χ0v) is 13.2. The Morgan fingerprint density at radius 3 is 3.05 bits per heavy atom. The quantitative estimate of drug-likeness (QED) is 0.912. The summed E-state index contributed by atoms with van der Waals surface area (Å²) in [6.45, 7) is 3.40. The minimum atomic E-state index is 0.478. The van der Waals surface area contributed by atoms with Crippen molar-refractivity contribution in [2.75, 3.05) is 24.6 Å². The molecular formula is C15H21N5S. The molecule has 2 atom stereocenters. The Morgan fingerprint density at radius 1 is 1.48 bits per heavy atom. The summed E-state index contributed by atoms with van der Waals surface area (Å²) in [6, 6.07) is 5.03. The topological polar surface area (TPSA) is 67.1 Å². The van der Waals surface area contributed by atoms with Gasteiger partial charge in [0.1, 0.15) is 10.8 Å². The lowest BCUT2D eigenvalue weighted by Crippen LogP contribution is -2.42. The van der Waals surface area contributed by atoms with E-state index < -0.39 is 0 Å². The molecule has 3 rings (SSSR count). The third-order valence-electron chi connectivity index (χ3n) is 4.21. The van der Waals surface area contributed by atoms with Crippen LogP contribution >= 0.6 is 11.5 Å². The Morgan fingerprint density at radius 2 is 2.33 bits per heavy atom. The van der Waals surface area contributed by atoms with Gasteiger partial charge in [0, 0.05) is 36.6 Å². The number of nitrogens with two attached hydrogens (primary N) is 1. The highest BCUT2D eigenvalue weighted by molar-refractivity contribution is 7.11. The minimum Gasteiger partial charge on any atom is -0.382 e. The lowest BCUT2D eigenvalue weighted by Gasteiger charge is -2.35. The van der Waals surface area contributed by atoms with Gasteiger partial charge in [-0.05, 0) is 44.4 Å². The van der Waals surface area contributed by atoms with Gasteiger partial charge in [0.05, 0.1) is 5.56 Å². The molecule has 5 nitrogen and oxygen atoms in total. The number of pyridine rings is 1. The standard InChI is InChI=1S/C15H21N5S/c1-10-8-12(5-7-20(10)2)18-15-13(14(16)19-21-15)11-4-3-6-17-9-11/h3-4,6,9-10,12,18H,5,7-8H2,1-2H3,(H2,16,19). The van der Waals surface area contributed by atoms with E-state index in [0.717, 1.165) is 35.5 Å². The third kappa shape index (κ3) is 3.01. The van der Waals surface area contributed by atoms with Gasteiger partial charge in [0.2, 0.25) is 0 Å². The van der Waals surface area contributed by atoms with E-state index >= 15 is 0 Å². The van der Waals surface area contributed by atoms with E-state index in [0.29, 0.717) is 17.9 Å². The molecule has 3 N–H and O–H groups in total. The van der Waals surface area contributed by atoms with Crippen LogP contribution in [0, 0.1) is 0 Å². The van der Waals surface area contributed by atoms with Crippen LogP contribution in [-0.4, -0.2) is 39.9 Å². The maximum atomic E-state index is 6.05. The number of anilines is 2. The molecule has 0 amide bonds. The van der Waals surface area contributed by atoms with Gasteiger partial charge in [0.15, 0.2) is 0 Å². The molecule has 2 unspecified atom stereocenters. The van der Waals surface area contributed by atoms with E-state index in [1.165, 1.54) is 11.5 Å². The fraction of sp³-hybridized carbons (Fsp3) is 0.467. The normalized spacial score (nSPS) is 23.1. The molecule has 0 saturated carbocycles. The van der Waals surface area contributed by atoms with Crippen LogP contribution in [0.15, 0.2) is 24.5 Å². The zero-order chi connectivity index (χ0) is 14.8. The lowest BCUT2D eigenvalue weighted by molar-refractivity contribution is 0.190. The summed E-state index contributed by atoms with van der Waals surface area (Å²) in [5, 5.41) is 4.70. The van der Waals surface area contributed by atoms with Gasteiger partial charge in [0.25, 0.3) is 0 Å². The highest BCUT2D eigenvalue weighted by Gasteiger charge is 2.24. The SMILES string of the molecule is CC1CC(Nc2snc(N)c2-c2cccnc2)CCN1C. The van der Waals surface area contributed by atoms with Crippen LogP contribution in [0.5, 0.6) is 0 Å². The van der Waals surface area contributed by atoms with E-state index in [-0.39, 0.29) is 0 Å². The summed E-state index contributed by atoms with van der Waals surface area (Å²) >= 11 is 1.44. The van der Waals surface area contributed by atoms with Gasteiger partial charge in [-0.15, -0.1) is 0 Å². The Labute approximate surface area is 129 Å². The predicted octanol–water partition coefficient (Wildman–Crippen LogP) is 2.68. The van der Waals surface area contributed by atoms with Gasteiger partial charge in [-0.25, -0.2) is 0 Å². The highest BCUT2D eigenvalue weighted by Crippen LogP contribution is 2.37. The average molecular weight is 303 g/mol. The number of rotatable bonds is 3. The van der Waals surface area contributed by atoms with Gasteiger partial charge < -0.3 is 16.0 Å². The Kier molecular flexibility index (Phi) is 4.07. The lowest BCUT2D eigenvalue weighted by atomic mass is 9.99. The van der Waals surface area contributed by atoms with Crippen LogP contribution in [0.25, 0.3) is 11.1 Å². The van der Waals surface area contributed by atoms with Crippen molar-refractivity contribution in [2.24, 2.45) is 0 Å². The number of aromatic nitrogens is 2. The fourth-order valence-corrected chi connectivity index (χ4v) is 3.61. The van der Waals surface area contributed by atoms with Crippen molar-refractivity contribution in [3.8, 4) is 11.1 Å². The van der Waals surface area contributed by atoms with Crippen LogP contribution < -0.4 is 11.1 Å². The van der Waals surface area contributed by atoms with Crippen LogP contribution in [0.3, 0.4) is 0 Å². The largest absolute Gasteiger partial charge is 0.382 e. The molecule has 112 valence electrons. The molecule has 0 aliphatic carbocycles. The van der Waals surface area contributed by atoms with E-state index in [4.69, 9.17) is 5.73 Å². The van der Waals surface area contributed by atoms with Crippen molar-refractivity contribution in [2.45, 2.75) is 31.8 Å². The molecule has 6 heteroatoms. The highest BCUT2D eigenvalue weighted by atomic mass is 32.1. The summed E-state index contributed by atoms with van der Waals surface area (Å²) in [6.07, 6.45) is 5.89. The summed E-state index contributed by atoms with van der Waals surface area (Å²) in [5.74, 6) is 0.580. The van der Waals surface area contributed by atoms with Crippen molar-refractivity contribution in [3.05, 3.63) is 24.5 Å². The van der Waals surface area contributed by atoms with Crippen molar-refractivity contribution in [1.82, 2.24) is 14.3 Å². The third-order valence-corrected chi connectivity index (χ3v) is 5.00. The molecule has 1 fully saturated rings. The number of nitrogens with zero attached hydrogens (tertiary/aromatic N) is 3. The van der Waals surface area contributed by atoms with Gasteiger partial charge >= 0.3 is 0 Å². The van der Waals surface area contributed by atoms with E-state index in [2.05, 4.69) is 33.5 Å². The number of nitrogen functional groups attached to an aromatic ring is 1. The molecule has 0 spiro atoms. The van der Waals surface area contributed by atoms with Crippen LogP contribution in [0.2, 0.25) is 0 Å². The molecule has 1 aliphatic heterocycles. The van der Waals surface area contributed by atoms with Crippen LogP contribution in [0.1, 0.15) is 19.8 Å². The van der Waals surface area contributed by atoms with E-state index in [1.807, 2.05) is 18.3 Å². The van der Waals surface area contributed by atoms with Crippen molar-refractivity contribution < 1.29 is 0 Å². The number of hydrogen-bond acceptors (Lipinski definition) is 6. The number of hydrogen-bond donors (Lipinski definition) is 2. The van der Waals surface area contributed by atoms with Crippen molar-refractivity contribution in [3.63, 3.8) is 0 Å². The number of nitrogens with one attached hydrogen (secondary N) is 1. The maximum Gasteiger partial charge on any atom is 0.147 e. The Hall–Kier alpha value is -1.66. The molecular weight excluding hydrogens is 282 g/mol. The second-order valence-electron chi connectivity index (χ2n) is 5.71. The van der Waals surface area contributed by atoms with Crippen LogP contribution in [-0.2, 0) is 0 Å². The summed E-state index contributed by atoms with van der Waals surface area (Å²) in [4.78, 5) is 6.58. The molecule has 0 radical (unpaired) electrons. The number of likely N-dealkylation sites (tertiary alicyclic amines) is 1. The van der Waals surface area contributed by atoms with E-state index in [9.17, 15) is 0 Å². The Balaban J connectivity index is 1.81. The second kappa shape index (κ2) is 5.99. The van der Waals surface area contributed by atoms with Gasteiger partial charge in [-0.2, -0.15) is 4.37 Å². The average Bonchev–Trinajstić information content (AvgIpc) is 2.85. The first-order chi connectivity index (χ1) is 10.1. The van der Waals surface area contributed by atoms with Gasteiger partial charge in [-0.1, -0.05) is 6.07 Å². The van der Waals surface area contributed by atoms with Crippen molar-refractivity contribution in [1.29, 1.82) is 0 Å². The second-order valence-corrected chi connectivity index (χ2v) is 6.48. The molecule has 21 heavy (non-hydrogen) atoms. The Bertz CT molecular complexity index is 597. The maximum absolute atomic E-state index is 6.05. The molecule has 1 aliphatic rings. The molecule has 1 saturated heterocycles. The first kappa shape index (κ1) is 14.3. The first-order valence-corrected chi connectivity index (χ1v) is 8.05. The van der Waals surface area contributed by atoms with E-state index in [1.54, 1.807) is 6.20 Å². The molecule has 2 aromatic rings. The zero-order valence-electron chi connectivity index (χ0n) is 12.4. The summed E-state index contributed by atoms with van der Waals surface area (Å²) in [7, 11) is 2.19. The van der Waals surface area contributed by atoms with Gasteiger partial charge in [-0.3, -0.25) is 4.98 Å². The molecule has 2 aromatic heterocycles. The minimum absolute atomic E-state index is 0.478. The fourth-order valence-electron chi connectivity index (χ4n) is 2.80. The number of piperidine rings is 1. The monoisotopic (exact) mass is 303 g/mol. The smallest absolute Gasteiger partial charge is 0.147 e. The summed E-state index contributed by atoms with van der Waals surface area (Å²) in [5.41, 5.74) is 8.06. The molecule has 0 bridgehead atoms. The molecule has 3 heterocycles. The van der Waals surface area contributed by atoms with Crippen LogP contribution in [0.4, 0.5) is 10.8 Å². The summed E-state index contributed by atoms with van der Waals surface area (Å²) < 4.78 is 4.31.